The first-order valence-electron chi connectivity index (χ1n) is 10.6. The number of rotatable bonds is 6. The average molecular weight is 391 g/mol. The number of hydrogen-bond donors (Lipinski definition) is 0. The van der Waals surface area contributed by atoms with Crippen molar-refractivity contribution in [1.82, 2.24) is 19.4 Å². The van der Waals surface area contributed by atoms with Gasteiger partial charge in [0, 0.05) is 45.7 Å². The Bertz CT molecular complexity index is 725. The van der Waals surface area contributed by atoms with E-state index < -0.39 is 0 Å². The van der Waals surface area contributed by atoms with E-state index >= 15 is 0 Å². The van der Waals surface area contributed by atoms with Crippen LogP contribution in [-0.4, -0.2) is 71.7 Å². The number of aryl methyl sites for hydroxylation is 1. The first kappa shape index (κ1) is 21.0. The molecule has 7 nitrogen and oxygen atoms in total. The van der Waals surface area contributed by atoms with Crippen LogP contribution in [0.25, 0.3) is 0 Å². The van der Waals surface area contributed by atoms with Crippen LogP contribution in [0.4, 0.5) is 0 Å². The molecule has 3 rings (SSSR count). The highest BCUT2D eigenvalue weighted by molar-refractivity contribution is 5.78. The summed E-state index contributed by atoms with van der Waals surface area (Å²) in [6.45, 7) is 5.55. The minimum Gasteiger partial charge on any atom is -0.380 e. The molecule has 0 saturated carbocycles. The molecule has 1 atom stereocenters. The highest BCUT2D eigenvalue weighted by atomic mass is 16.5. The number of likely N-dealkylation sites (N-methyl/N-ethyl adjacent to an activating group) is 1. The van der Waals surface area contributed by atoms with E-state index in [0.29, 0.717) is 19.0 Å². The zero-order chi connectivity index (χ0) is 20.1. The van der Waals surface area contributed by atoms with E-state index in [1.54, 1.807) is 18.1 Å². The molecule has 1 aromatic heterocycles. The largest absolute Gasteiger partial charge is 0.380 e. The quantitative estimate of drug-likeness (QED) is 0.739. The van der Waals surface area contributed by atoms with Gasteiger partial charge in [-0.1, -0.05) is 6.42 Å². The summed E-state index contributed by atoms with van der Waals surface area (Å²) in [6, 6.07) is 1.75. The monoisotopic (exact) mass is 390 g/mol. The standard InChI is InChI=1S/C21H34N4O3/c1-16(28-3)14-23(2)21(27)15-24-11-8-17(9-12-24)18-13-20(26)25-10-6-4-5-7-19(25)22-18/h13,16-17H,4-12,14-15H2,1-3H3/t16-/m0/s1. The average Bonchev–Trinajstić information content (AvgIpc) is 2.94. The summed E-state index contributed by atoms with van der Waals surface area (Å²) in [4.78, 5) is 33.8. The lowest BCUT2D eigenvalue weighted by atomic mass is 9.93. The number of piperidine rings is 1. The second-order valence-corrected chi connectivity index (χ2v) is 8.27. The predicted octanol–water partition coefficient (Wildman–Crippen LogP) is 1.64. The van der Waals surface area contributed by atoms with Crippen LogP contribution in [0.1, 0.15) is 56.5 Å². The summed E-state index contributed by atoms with van der Waals surface area (Å²) in [6.07, 6.45) is 6.19. The minimum absolute atomic E-state index is 0.0399. The molecular formula is C21H34N4O3. The third-order valence-corrected chi connectivity index (χ3v) is 6.11. The van der Waals surface area contributed by atoms with Crippen molar-refractivity contribution < 1.29 is 9.53 Å². The molecular weight excluding hydrogens is 356 g/mol. The molecule has 7 heteroatoms. The number of carbonyl (C=O) groups excluding carboxylic acids is 1. The van der Waals surface area contributed by atoms with Gasteiger partial charge in [-0.25, -0.2) is 4.98 Å². The van der Waals surface area contributed by atoms with Gasteiger partial charge in [0.1, 0.15) is 5.82 Å². The van der Waals surface area contributed by atoms with Crippen molar-refractivity contribution in [3.8, 4) is 0 Å². The maximum atomic E-state index is 12.5. The molecule has 1 aromatic rings. The number of nitrogens with zero attached hydrogens (tertiary/aromatic N) is 4. The number of methoxy groups -OCH3 is 1. The Morgan fingerprint density at radius 2 is 2.04 bits per heavy atom. The van der Waals surface area contributed by atoms with Crippen molar-refractivity contribution in [2.75, 3.05) is 40.3 Å². The first-order chi connectivity index (χ1) is 13.5. The van der Waals surface area contributed by atoms with Gasteiger partial charge in [-0.05, 0) is 45.7 Å². The summed E-state index contributed by atoms with van der Waals surface area (Å²) < 4.78 is 7.10. The number of hydrogen-bond acceptors (Lipinski definition) is 5. The van der Waals surface area contributed by atoms with Gasteiger partial charge in [0.2, 0.25) is 5.91 Å². The molecule has 28 heavy (non-hydrogen) atoms. The third-order valence-electron chi connectivity index (χ3n) is 6.11. The van der Waals surface area contributed by atoms with Gasteiger partial charge < -0.3 is 9.64 Å². The maximum absolute atomic E-state index is 12.5. The number of aromatic nitrogens is 2. The van der Waals surface area contributed by atoms with Crippen molar-refractivity contribution in [3.63, 3.8) is 0 Å². The van der Waals surface area contributed by atoms with Gasteiger partial charge in [0.05, 0.1) is 18.3 Å². The maximum Gasteiger partial charge on any atom is 0.253 e. The van der Waals surface area contributed by atoms with Crippen LogP contribution in [0.3, 0.4) is 0 Å². The third kappa shape index (κ3) is 5.20. The second kappa shape index (κ2) is 9.65. The zero-order valence-electron chi connectivity index (χ0n) is 17.5. The molecule has 2 aliphatic rings. The van der Waals surface area contributed by atoms with Crippen LogP contribution < -0.4 is 5.56 Å². The van der Waals surface area contributed by atoms with Gasteiger partial charge in [0.15, 0.2) is 0 Å². The topological polar surface area (TPSA) is 67.7 Å². The Morgan fingerprint density at radius 3 is 2.75 bits per heavy atom. The molecule has 0 spiro atoms. The zero-order valence-corrected chi connectivity index (χ0v) is 17.5. The predicted molar refractivity (Wildman–Crippen MR) is 109 cm³/mol. The molecule has 0 unspecified atom stereocenters. The molecule has 1 fully saturated rings. The van der Waals surface area contributed by atoms with E-state index in [9.17, 15) is 9.59 Å². The molecule has 2 aliphatic heterocycles. The van der Waals surface area contributed by atoms with E-state index in [2.05, 4.69) is 4.90 Å². The van der Waals surface area contributed by atoms with Gasteiger partial charge in [-0.15, -0.1) is 0 Å². The van der Waals surface area contributed by atoms with E-state index in [-0.39, 0.29) is 17.6 Å². The molecule has 0 N–H and O–H groups in total. The molecule has 156 valence electrons. The summed E-state index contributed by atoms with van der Waals surface area (Å²) in [5.41, 5.74) is 1.06. The normalized spacial score (nSPS) is 19.7. The summed E-state index contributed by atoms with van der Waals surface area (Å²) in [5.74, 6) is 1.41. The molecule has 0 radical (unpaired) electrons. The highest BCUT2D eigenvalue weighted by Gasteiger charge is 2.25. The van der Waals surface area contributed by atoms with Gasteiger partial charge >= 0.3 is 0 Å². The number of fused-ring (bicyclic) bond motifs is 1. The Morgan fingerprint density at radius 1 is 1.29 bits per heavy atom. The Kier molecular flexibility index (Phi) is 7.24. The number of amides is 1. The fourth-order valence-electron chi connectivity index (χ4n) is 4.20. The van der Waals surface area contributed by atoms with Crippen molar-refractivity contribution >= 4 is 5.91 Å². The summed E-state index contributed by atoms with van der Waals surface area (Å²) in [5, 5.41) is 0. The van der Waals surface area contributed by atoms with Gasteiger partial charge in [0.25, 0.3) is 5.56 Å². The van der Waals surface area contributed by atoms with E-state index in [4.69, 9.17) is 9.72 Å². The van der Waals surface area contributed by atoms with E-state index in [1.807, 2.05) is 18.5 Å². The molecule has 0 bridgehead atoms. The van der Waals surface area contributed by atoms with Crippen molar-refractivity contribution in [2.45, 2.75) is 64.0 Å². The molecule has 0 aliphatic carbocycles. The van der Waals surface area contributed by atoms with Gasteiger partial charge in [-0.3, -0.25) is 19.1 Å². The number of likely N-dealkylation sites (tertiary alicyclic amines) is 1. The number of carbonyl (C=O) groups is 1. The Labute approximate surface area is 167 Å². The summed E-state index contributed by atoms with van der Waals surface area (Å²) in [7, 11) is 3.49. The van der Waals surface area contributed by atoms with Crippen LogP contribution >= 0.6 is 0 Å². The van der Waals surface area contributed by atoms with Crippen LogP contribution in [0.2, 0.25) is 0 Å². The van der Waals surface area contributed by atoms with Crippen LogP contribution in [-0.2, 0) is 22.5 Å². The van der Waals surface area contributed by atoms with Crippen LogP contribution in [0.5, 0.6) is 0 Å². The fraction of sp³-hybridized carbons (Fsp3) is 0.762. The molecule has 0 aromatic carbocycles. The van der Waals surface area contributed by atoms with Gasteiger partial charge in [-0.2, -0.15) is 0 Å². The SMILES string of the molecule is CO[C@@H](C)CN(C)C(=O)CN1CCC(c2cc(=O)n3c(n2)CCCCC3)CC1. The van der Waals surface area contributed by atoms with Crippen molar-refractivity contribution in [1.29, 1.82) is 0 Å². The molecule has 3 heterocycles. The lowest BCUT2D eigenvalue weighted by Crippen LogP contribution is -2.43. The molecule has 1 saturated heterocycles. The lowest BCUT2D eigenvalue weighted by molar-refractivity contribution is -0.132. The minimum atomic E-state index is 0.0399. The summed E-state index contributed by atoms with van der Waals surface area (Å²) >= 11 is 0. The van der Waals surface area contributed by atoms with Crippen molar-refractivity contribution in [3.05, 3.63) is 27.9 Å². The van der Waals surface area contributed by atoms with E-state index in [1.165, 1.54) is 6.42 Å². The highest BCUT2D eigenvalue weighted by Crippen LogP contribution is 2.26. The van der Waals surface area contributed by atoms with Crippen LogP contribution in [0.15, 0.2) is 10.9 Å². The van der Waals surface area contributed by atoms with E-state index in [0.717, 1.165) is 63.3 Å². The van der Waals surface area contributed by atoms with Crippen LogP contribution in [0, 0.1) is 0 Å². The first-order valence-corrected chi connectivity index (χ1v) is 10.6. The molecule has 1 amide bonds. The van der Waals surface area contributed by atoms with Crippen molar-refractivity contribution in [2.24, 2.45) is 0 Å². The smallest absolute Gasteiger partial charge is 0.253 e. The Balaban J connectivity index is 1.55. The second-order valence-electron chi connectivity index (χ2n) is 8.27. The lowest BCUT2D eigenvalue weighted by Gasteiger charge is -2.32. The fourth-order valence-corrected chi connectivity index (χ4v) is 4.20. The number of ether oxygens (including phenoxy) is 1. The Hall–Kier alpha value is -1.73.